The molecule has 1 heterocycles. The van der Waals surface area contributed by atoms with Crippen molar-refractivity contribution >= 4 is 0 Å². The zero-order chi connectivity index (χ0) is 17.3. The van der Waals surface area contributed by atoms with Crippen LogP contribution in [0.25, 0.3) is 0 Å². The van der Waals surface area contributed by atoms with E-state index in [2.05, 4.69) is 4.74 Å². The van der Waals surface area contributed by atoms with Crippen molar-refractivity contribution in [2.24, 2.45) is 0 Å². The maximum Gasteiger partial charge on any atom is 0.431 e. The smallest absolute Gasteiger partial charge is 0.298 e. The Morgan fingerprint density at radius 3 is 1.57 bits per heavy atom. The molecule has 0 radical (unpaired) electrons. The van der Waals surface area contributed by atoms with E-state index in [-0.39, 0.29) is 0 Å². The van der Waals surface area contributed by atoms with Gasteiger partial charge in [0.2, 0.25) is 12.0 Å². The molecule has 1 saturated heterocycles. The molecule has 1 rings (SSSR count). The van der Waals surface area contributed by atoms with Crippen molar-refractivity contribution in [2.45, 2.75) is 55.4 Å². The summed E-state index contributed by atoms with van der Waals surface area (Å²) in [5.41, 5.74) is -11.8. The summed E-state index contributed by atoms with van der Waals surface area (Å²) in [5, 5.41) is 0. The number of alkyl halides is 11. The second kappa shape index (κ2) is 4.13. The summed E-state index contributed by atoms with van der Waals surface area (Å²) in [5.74, 6) is -17.5. The van der Waals surface area contributed by atoms with Crippen molar-refractivity contribution in [3.8, 4) is 0 Å². The van der Waals surface area contributed by atoms with Crippen LogP contribution in [0.15, 0.2) is 0 Å². The van der Waals surface area contributed by atoms with E-state index in [0.29, 0.717) is 0 Å². The third kappa shape index (κ3) is 1.86. The highest BCUT2D eigenvalue weighted by molar-refractivity contribution is 5.21. The quantitative estimate of drug-likeness (QED) is 0.648. The third-order valence-corrected chi connectivity index (χ3v) is 3.23. The van der Waals surface area contributed by atoms with Crippen LogP contribution in [-0.2, 0) is 4.74 Å². The van der Waals surface area contributed by atoms with Crippen molar-refractivity contribution in [3.05, 3.63) is 0 Å². The molecule has 0 aromatic carbocycles. The molecule has 1 fully saturated rings. The van der Waals surface area contributed by atoms with E-state index in [1.54, 1.807) is 0 Å². The standard InChI is InChI=1S/C9H7F11O/c1-4(11)6(14,9(18,19)20)3(10)21-8(17,5(2,12)13)7(4,15)16/h3H,1-2H3. The van der Waals surface area contributed by atoms with E-state index in [1.807, 2.05) is 0 Å². The van der Waals surface area contributed by atoms with E-state index in [9.17, 15) is 48.3 Å². The number of ether oxygens (including phenoxy) is 1. The van der Waals surface area contributed by atoms with Crippen LogP contribution in [0.3, 0.4) is 0 Å². The fraction of sp³-hybridized carbons (Fsp3) is 1.00. The van der Waals surface area contributed by atoms with Gasteiger partial charge in [-0.3, -0.25) is 4.74 Å². The minimum atomic E-state index is -6.62. The Bertz CT molecular complexity index is 424. The number of hydrogen-bond acceptors (Lipinski definition) is 1. The van der Waals surface area contributed by atoms with Gasteiger partial charge in [0.05, 0.1) is 0 Å². The van der Waals surface area contributed by atoms with Crippen LogP contribution in [0, 0.1) is 0 Å². The zero-order valence-electron chi connectivity index (χ0n) is 10.1. The van der Waals surface area contributed by atoms with E-state index in [4.69, 9.17) is 0 Å². The SMILES string of the molecule is CC(F)(F)C1(F)OC(F)C(F)(C(F)(F)F)C(C)(F)C1(F)F. The largest absolute Gasteiger partial charge is 0.431 e. The van der Waals surface area contributed by atoms with Gasteiger partial charge in [-0.25, -0.2) is 22.0 Å². The fourth-order valence-electron chi connectivity index (χ4n) is 1.82. The molecule has 0 aromatic rings. The second-order valence-electron chi connectivity index (χ2n) is 4.70. The Hall–Kier alpha value is -0.810. The average molecular weight is 340 g/mol. The van der Waals surface area contributed by atoms with Gasteiger partial charge in [0, 0.05) is 6.92 Å². The molecule has 4 unspecified atom stereocenters. The molecule has 12 heteroatoms. The van der Waals surface area contributed by atoms with Gasteiger partial charge in [-0.2, -0.15) is 26.3 Å². The van der Waals surface area contributed by atoms with Gasteiger partial charge in [-0.15, -0.1) is 0 Å². The van der Waals surface area contributed by atoms with Crippen LogP contribution >= 0.6 is 0 Å². The van der Waals surface area contributed by atoms with Crippen molar-refractivity contribution in [3.63, 3.8) is 0 Å². The molecule has 1 aliphatic heterocycles. The summed E-state index contributed by atoms with van der Waals surface area (Å²) in [6.07, 6.45) is -11.4. The third-order valence-electron chi connectivity index (χ3n) is 3.23. The van der Waals surface area contributed by atoms with Gasteiger partial charge >= 0.3 is 23.9 Å². The lowest BCUT2D eigenvalue weighted by Crippen LogP contribution is -2.81. The summed E-state index contributed by atoms with van der Waals surface area (Å²) in [6.45, 7) is -1.47. The lowest BCUT2D eigenvalue weighted by atomic mass is 9.75. The summed E-state index contributed by atoms with van der Waals surface area (Å²) >= 11 is 0. The first-order valence-corrected chi connectivity index (χ1v) is 5.09. The van der Waals surface area contributed by atoms with Gasteiger partial charge in [0.15, 0.2) is 0 Å². The normalized spacial score (nSPS) is 44.7. The lowest BCUT2D eigenvalue weighted by Gasteiger charge is -2.53. The molecule has 0 bridgehead atoms. The van der Waals surface area contributed by atoms with E-state index in [1.165, 1.54) is 0 Å². The predicted molar refractivity (Wildman–Crippen MR) is 44.8 cm³/mol. The van der Waals surface area contributed by atoms with Gasteiger partial charge in [-0.05, 0) is 6.92 Å². The van der Waals surface area contributed by atoms with Gasteiger partial charge in [0.1, 0.15) is 0 Å². The molecule has 126 valence electrons. The molecule has 0 aliphatic carbocycles. The number of halogens is 11. The van der Waals surface area contributed by atoms with Crippen LogP contribution in [0.2, 0.25) is 0 Å². The Morgan fingerprint density at radius 2 is 1.29 bits per heavy atom. The number of rotatable bonds is 1. The van der Waals surface area contributed by atoms with Crippen molar-refractivity contribution < 1.29 is 53.0 Å². The van der Waals surface area contributed by atoms with Crippen LogP contribution in [-0.4, -0.2) is 41.6 Å². The molecule has 0 aromatic heterocycles. The van der Waals surface area contributed by atoms with Crippen molar-refractivity contribution in [1.82, 2.24) is 0 Å². The summed E-state index contributed by atoms with van der Waals surface area (Å²) in [6, 6.07) is 0. The van der Waals surface area contributed by atoms with Gasteiger partial charge in [-0.1, -0.05) is 0 Å². The predicted octanol–water partition coefficient (Wildman–Crippen LogP) is 4.27. The topological polar surface area (TPSA) is 9.23 Å². The Balaban J connectivity index is 3.64. The molecule has 0 N–H and O–H groups in total. The first-order chi connectivity index (χ1) is 8.88. The minimum absolute atomic E-state index is 0.609. The highest BCUT2D eigenvalue weighted by Gasteiger charge is 2.92. The maximum absolute atomic E-state index is 13.7. The molecule has 0 saturated carbocycles. The summed E-state index contributed by atoms with van der Waals surface area (Å²) in [7, 11) is 0. The summed E-state index contributed by atoms with van der Waals surface area (Å²) < 4.78 is 146. The van der Waals surface area contributed by atoms with Crippen LogP contribution in [0.5, 0.6) is 0 Å². The van der Waals surface area contributed by atoms with Gasteiger partial charge < -0.3 is 0 Å². The lowest BCUT2D eigenvalue weighted by molar-refractivity contribution is -0.488. The van der Waals surface area contributed by atoms with Crippen LogP contribution in [0.4, 0.5) is 48.3 Å². The first-order valence-electron chi connectivity index (χ1n) is 5.09. The molecule has 4 atom stereocenters. The monoisotopic (exact) mass is 340 g/mol. The molecule has 1 nitrogen and oxygen atoms in total. The van der Waals surface area contributed by atoms with Crippen LogP contribution < -0.4 is 0 Å². The minimum Gasteiger partial charge on any atom is -0.298 e. The average Bonchev–Trinajstić information content (AvgIpc) is 2.22. The van der Waals surface area contributed by atoms with Crippen LogP contribution in [0.1, 0.15) is 13.8 Å². The van der Waals surface area contributed by atoms with Crippen molar-refractivity contribution in [1.29, 1.82) is 0 Å². The van der Waals surface area contributed by atoms with Crippen molar-refractivity contribution in [2.75, 3.05) is 0 Å². The van der Waals surface area contributed by atoms with E-state index >= 15 is 0 Å². The fourth-order valence-corrected chi connectivity index (χ4v) is 1.82. The first kappa shape index (κ1) is 18.2. The van der Waals surface area contributed by atoms with Gasteiger partial charge in [0.25, 0.3) is 5.67 Å². The van der Waals surface area contributed by atoms with E-state index in [0.717, 1.165) is 0 Å². The molecular weight excluding hydrogens is 333 g/mol. The Morgan fingerprint density at radius 1 is 0.905 bits per heavy atom. The molecule has 0 amide bonds. The second-order valence-corrected chi connectivity index (χ2v) is 4.70. The number of hydrogen-bond donors (Lipinski definition) is 0. The maximum atomic E-state index is 13.7. The molecule has 0 spiro atoms. The zero-order valence-corrected chi connectivity index (χ0v) is 10.1. The molecular formula is C9H7F11O. The highest BCUT2D eigenvalue weighted by Crippen LogP contribution is 2.64. The Kier molecular flexibility index (Phi) is 3.59. The molecule has 1 aliphatic rings. The van der Waals surface area contributed by atoms with E-state index < -0.39 is 55.4 Å². The summed E-state index contributed by atoms with van der Waals surface area (Å²) in [4.78, 5) is 0. The molecule has 21 heavy (non-hydrogen) atoms. The highest BCUT2D eigenvalue weighted by atomic mass is 19.4. The Labute approximate surface area is 110 Å².